The van der Waals surface area contributed by atoms with Gasteiger partial charge in [0.2, 0.25) is 5.91 Å². The Labute approximate surface area is 137 Å². The van der Waals surface area contributed by atoms with Gasteiger partial charge in [-0.15, -0.1) is 0 Å². The van der Waals surface area contributed by atoms with Crippen molar-refractivity contribution in [3.8, 4) is 0 Å². The maximum absolute atomic E-state index is 11.8. The summed E-state index contributed by atoms with van der Waals surface area (Å²) < 4.78 is 0. The Morgan fingerprint density at radius 1 is 0.870 bits per heavy atom. The van der Waals surface area contributed by atoms with Gasteiger partial charge in [-0.05, 0) is 25.1 Å². The predicted molar refractivity (Wildman–Crippen MR) is 90.5 cm³/mol. The molecule has 3 rings (SSSR count). The first kappa shape index (κ1) is 16.0. The van der Waals surface area contributed by atoms with Crippen LogP contribution in [0.25, 0.3) is 0 Å². The van der Waals surface area contributed by atoms with Gasteiger partial charge < -0.3 is 9.80 Å². The molecule has 0 N–H and O–H groups in total. The van der Waals surface area contributed by atoms with Gasteiger partial charge in [0.25, 0.3) is 0 Å². The number of nitrogens with zero attached hydrogens (tertiary/aromatic N) is 3. The summed E-state index contributed by atoms with van der Waals surface area (Å²) >= 11 is 0. The monoisotopic (exact) mass is 315 g/mol. The van der Waals surface area contributed by atoms with Crippen molar-refractivity contribution in [2.75, 3.05) is 50.7 Å². The average molecular weight is 315 g/mol. The van der Waals surface area contributed by atoms with Crippen molar-refractivity contribution < 1.29 is 9.59 Å². The maximum atomic E-state index is 11.8. The van der Waals surface area contributed by atoms with E-state index >= 15 is 0 Å². The number of carbonyl (C=O) groups is 2. The SMILES string of the molecule is O=C1CCC(=O)N(CCCN2CCN(c3ccccc3)CC2)C1. The highest BCUT2D eigenvalue weighted by Gasteiger charge is 2.23. The largest absolute Gasteiger partial charge is 0.369 e. The smallest absolute Gasteiger partial charge is 0.223 e. The molecule has 1 aromatic carbocycles. The van der Waals surface area contributed by atoms with Crippen LogP contribution in [0.1, 0.15) is 19.3 Å². The topological polar surface area (TPSA) is 43.9 Å². The molecule has 2 saturated heterocycles. The number of benzene rings is 1. The van der Waals surface area contributed by atoms with Crippen LogP contribution in [0.4, 0.5) is 5.69 Å². The van der Waals surface area contributed by atoms with Gasteiger partial charge in [-0.3, -0.25) is 14.5 Å². The average Bonchev–Trinajstić information content (AvgIpc) is 2.59. The van der Waals surface area contributed by atoms with Crippen LogP contribution in [-0.2, 0) is 9.59 Å². The molecule has 124 valence electrons. The third-order valence-electron chi connectivity index (χ3n) is 4.73. The number of amides is 1. The van der Waals surface area contributed by atoms with E-state index in [-0.39, 0.29) is 11.7 Å². The minimum absolute atomic E-state index is 0.137. The van der Waals surface area contributed by atoms with Crippen molar-refractivity contribution in [1.29, 1.82) is 0 Å². The van der Waals surface area contributed by atoms with Crippen LogP contribution in [0.15, 0.2) is 30.3 Å². The zero-order chi connectivity index (χ0) is 16.1. The van der Waals surface area contributed by atoms with Crippen LogP contribution in [0.3, 0.4) is 0 Å². The van der Waals surface area contributed by atoms with E-state index in [1.165, 1.54) is 5.69 Å². The number of para-hydroxylation sites is 1. The molecule has 2 aliphatic heterocycles. The molecule has 2 fully saturated rings. The van der Waals surface area contributed by atoms with Gasteiger partial charge in [0.1, 0.15) is 0 Å². The first-order chi connectivity index (χ1) is 11.2. The third kappa shape index (κ3) is 4.32. The Kier molecular flexibility index (Phi) is 5.28. The number of likely N-dealkylation sites (tertiary alicyclic amines) is 1. The molecule has 23 heavy (non-hydrogen) atoms. The normalized spacial score (nSPS) is 20.2. The molecule has 0 aliphatic carbocycles. The fraction of sp³-hybridized carbons (Fsp3) is 0.556. The number of ketones is 1. The van der Waals surface area contributed by atoms with E-state index in [0.29, 0.717) is 25.9 Å². The second kappa shape index (κ2) is 7.59. The molecule has 1 amide bonds. The zero-order valence-electron chi connectivity index (χ0n) is 13.6. The van der Waals surface area contributed by atoms with Crippen LogP contribution in [-0.4, -0.2) is 67.3 Å². The van der Waals surface area contributed by atoms with E-state index in [1.54, 1.807) is 4.90 Å². The first-order valence-electron chi connectivity index (χ1n) is 8.54. The summed E-state index contributed by atoms with van der Waals surface area (Å²) in [6.45, 7) is 6.24. The number of Topliss-reactive ketones (excluding diaryl/α,β-unsaturated/α-hetero) is 1. The molecular formula is C18H25N3O2. The molecule has 0 unspecified atom stereocenters. The Bertz CT molecular complexity index is 538. The number of hydrogen-bond donors (Lipinski definition) is 0. The van der Waals surface area contributed by atoms with Crippen LogP contribution in [0.2, 0.25) is 0 Å². The first-order valence-corrected chi connectivity index (χ1v) is 8.54. The van der Waals surface area contributed by atoms with E-state index in [9.17, 15) is 9.59 Å². The van der Waals surface area contributed by atoms with E-state index in [2.05, 4.69) is 34.1 Å². The Hall–Kier alpha value is -1.88. The van der Waals surface area contributed by atoms with Gasteiger partial charge in [-0.2, -0.15) is 0 Å². The Morgan fingerprint density at radius 3 is 2.35 bits per heavy atom. The van der Waals surface area contributed by atoms with Gasteiger partial charge in [-0.1, -0.05) is 18.2 Å². The second-order valence-corrected chi connectivity index (χ2v) is 6.37. The summed E-state index contributed by atoms with van der Waals surface area (Å²) in [5.74, 6) is 0.333. The number of hydrogen-bond acceptors (Lipinski definition) is 4. The minimum Gasteiger partial charge on any atom is -0.369 e. The molecule has 0 spiro atoms. The van der Waals surface area contributed by atoms with Crippen molar-refractivity contribution in [2.45, 2.75) is 19.3 Å². The van der Waals surface area contributed by atoms with E-state index in [4.69, 9.17) is 0 Å². The van der Waals surface area contributed by atoms with E-state index < -0.39 is 0 Å². The molecule has 5 nitrogen and oxygen atoms in total. The fourth-order valence-corrected chi connectivity index (χ4v) is 3.34. The molecule has 0 bridgehead atoms. The number of carbonyl (C=O) groups excluding carboxylic acids is 2. The van der Waals surface area contributed by atoms with E-state index in [1.807, 2.05) is 6.07 Å². The van der Waals surface area contributed by atoms with Crippen molar-refractivity contribution >= 4 is 17.4 Å². The van der Waals surface area contributed by atoms with Crippen molar-refractivity contribution in [2.24, 2.45) is 0 Å². The number of anilines is 1. The van der Waals surface area contributed by atoms with Crippen LogP contribution in [0.5, 0.6) is 0 Å². The predicted octanol–water partition coefficient (Wildman–Crippen LogP) is 1.39. The van der Waals surface area contributed by atoms with Crippen molar-refractivity contribution in [3.63, 3.8) is 0 Å². The second-order valence-electron chi connectivity index (χ2n) is 6.37. The molecule has 5 heteroatoms. The van der Waals surface area contributed by atoms with Crippen molar-refractivity contribution in [3.05, 3.63) is 30.3 Å². The molecular weight excluding hydrogens is 290 g/mol. The van der Waals surface area contributed by atoms with Crippen molar-refractivity contribution in [1.82, 2.24) is 9.80 Å². The highest BCUT2D eigenvalue weighted by molar-refractivity contribution is 5.92. The lowest BCUT2D eigenvalue weighted by atomic mass is 10.1. The maximum Gasteiger partial charge on any atom is 0.223 e. The van der Waals surface area contributed by atoms with Gasteiger partial charge in [0.15, 0.2) is 5.78 Å². The summed E-state index contributed by atoms with van der Waals surface area (Å²) in [5, 5.41) is 0. The molecule has 0 saturated carbocycles. The zero-order valence-corrected chi connectivity index (χ0v) is 13.6. The number of piperidine rings is 1. The summed E-state index contributed by atoms with van der Waals surface area (Å²) in [7, 11) is 0. The highest BCUT2D eigenvalue weighted by atomic mass is 16.2. The standard InChI is InChI=1S/C18H25N3O2/c22-17-7-8-18(23)21(15-17)10-4-9-19-11-13-20(14-12-19)16-5-2-1-3-6-16/h1-3,5-6H,4,7-15H2. The molecule has 2 aliphatic rings. The van der Waals surface area contributed by atoms with Crippen LogP contribution in [0, 0.1) is 0 Å². The summed E-state index contributed by atoms with van der Waals surface area (Å²) in [6, 6.07) is 10.5. The van der Waals surface area contributed by atoms with Gasteiger partial charge >= 0.3 is 0 Å². The quantitative estimate of drug-likeness (QED) is 0.824. The third-order valence-corrected chi connectivity index (χ3v) is 4.73. The summed E-state index contributed by atoms with van der Waals surface area (Å²) in [4.78, 5) is 29.8. The molecule has 0 radical (unpaired) electrons. The fourth-order valence-electron chi connectivity index (χ4n) is 3.34. The van der Waals surface area contributed by atoms with Gasteiger partial charge in [0, 0.05) is 51.3 Å². The summed E-state index contributed by atoms with van der Waals surface area (Å²) in [6.07, 6.45) is 1.77. The van der Waals surface area contributed by atoms with Crippen LogP contribution >= 0.6 is 0 Å². The Balaban J connectivity index is 1.38. The minimum atomic E-state index is 0.137. The summed E-state index contributed by atoms with van der Waals surface area (Å²) in [5.41, 5.74) is 1.30. The molecule has 2 heterocycles. The lowest BCUT2D eigenvalue weighted by molar-refractivity contribution is -0.140. The lowest BCUT2D eigenvalue weighted by Gasteiger charge is -2.36. The van der Waals surface area contributed by atoms with Gasteiger partial charge in [-0.25, -0.2) is 0 Å². The lowest BCUT2D eigenvalue weighted by Crippen LogP contribution is -2.47. The Morgan fingerprint density at radius 2 is 1.61 bits per heavy atom. The van der Waals surface area contributed by atoms with Gasteiger partial charge in [0.05, 0.1) is 6.54 Å². The molecule has 1 aromatic rings. The van der Waals surface area contributed by atoms with Crippen LogP contribution < -0.4 is 4.90 Å². The molecule has 0 aromatic heterocycles. The number of rotatable bonds is 5. The van der Waals surface area contributed by atoms with E-state index in [0.717, 1.165) is 39.1 Å². The number of piperazine rings is 1. The molecule has 0 atom stereocenters. The highest BCUT2D eigenvalue weighted by Crippen LogP contribution is 2.15.